The van der Waals surface area contributed by atoms with Crippen molar-refractivity contribution >= 4 is 44.2 Å². The predicted octanol–water partition coefficient (Wildman–Crippen LogP) is 5.39. The van der Waals surface area contributed by atoms with Gasteiger partial charge in [-0.15, -0.1) is 0 Å². The Hall–Kier alpha value is -4.30. The van der Waals surface area contributed by atoms with Gasteiger partial charge in [-0.2, -0.15) is 5.26 Å². The lowest BCUT2D eigenvalue weighted by atomic mass is 9.96. The van der Waals surface area contributed by atoms with Gasteiger partial charge in [-0.1, -0.05) is 29.5 Å². The zero-order valence-corrected chi connectivity index (χ0v) is 24.5. The van der Waals surface area contributed by atoms with E-state index in [-0.39, 0.29) is 11.8 Å². The van der Waals surface area contributed by atoms with Gasteiger partial charge >= 0.3 is 0 Å². The third-order valence-corrected chi connectivity index (χ3v) is 8.82. The molecule has 1 aliphatic heterocycles. The van der Waals surface area contributed by atoms with Gasteiger partial charge in [-0.3, -0.25) is 14.5 Å². The predicted molar refractivity (Wildman–Crippen MR) is 164 cm³/mol. The number of carbonyl (C=O) groups excluding carboxylic acids is 2. The molecule has 1 saturated heterocycles. The standard InChI is InChI=1S/C32H32N6O3S/c1-21-6-7-24(34-30(40)22-4-3-5-23(16-22)32(20-33)10-11-32)17-27(21)41-25-8-9-26-28(18-25)42-31(35-26)36-29(39)19-38-14-12-37(2)13-15-38/h3-9,16-18H,10-15,19H2,1-2H3,(H,34,40)(H,35,36,39). The summed E-state index contributed by atoms with van der Waals surface area (Å²) in [6.07, 6.45) is 1.65. The average Bonchev–Trinajstić information content (AvgIpc) is 3.69. The molecule has 3 aromatic carbocycles. The molecule has 4 aromatic rings. The summed E-state index contributed by atoms with van der Waals surface area (Å²) in [7, 11) is 2.09. The number of thiazole rings is 1. The molecule has 2 N–H and O–H groups in total. The number of piperazine rings is 1. The SMILES string of the molecule is Cc1ccc(NC(=O)c2cccc(C3(C#N)CC3)c2)cc1Oc1ccc2nc(NC(=O)CN3CCN(C)CC3)sc2c1. The molecule has 2 fully saturated rings. The second-order valence-corrected chi connectivity index (χ2v) is 12.1. The van der Waals surface area contributed by atoms with E-state index in [0.717, 1.165) is 60.4 Å². The average molecular weight is 581 g/mol. The van der Waals surface area contributed by atoms with Gasteiger partial charge in [0.05, 0.1) is 28.2 Å². The van der Waals surface area contributed by atoms with E-state index < -0.39 is 5.41 Å². The van der Waals surface area contributed by atoms with Crippen LogP contribution in [-0.4, -0.2) is 66.4 Å². The first-order valence-corrected chi connectivity index (χ1v) is 14.8. The number of ether oxygens (including phenoxy) is 1. The van der Waals surface area contributed by atoms with Crippen LogP contribution in [0.2, 0.25) is 0 Å². The number of hydrogen-bond donors (Lipinski definition) is 2. The Bertz CT molecular complexity index is 1700. The Kier molecular flexibility index (Phi) is 7.64. The number of rotatable bonds is 8. The number of hydrogen-bond acceptors (Lipinski definition) is 8. The highest BCUT2D eigenvalue weighted by Crippen LogP contribution is 2.47. The number of anilines is 2. The van der Waals surface area contributed by atoms with Crippen LogP contribution in [0.1, 0.15) is 34.3 Å². The Morgan fingerprint density at radius 3 is 2.62 bits per heavy atom. The molecule has 42 heavy (non-hydrogen) atoms. The van der Waals surface area contributed by atoms with Crippen LogP contribution in [0.4, 0.5) is 10.8 Å². The summed E-state index contributed by atoms with van der Waals surface area (Å²) in [5.41, 5.74) is 3.27. The van der Waals surface area contributed by atoms with E-state index in [9.17, 15) is 14.9 Å². The number of amides is 2. The first kappa shape index (κ1) is 27.8. The summed E-state index contributed by atoms with van der Waals surface area (Å²) < 4.78 is 7.12. The molecule has 0 atom stereocenters. The molecule has 0 radical (unpaired) electrons. The summed E-state index contributed by atoms with van der Waals surface area (Å²) in [4.78, 5) is 34.6. The Morgan fingerprint density at radius 2 is 1.86 bits per heavy atom. The second kappa shape index (κ2) is 11.5. The molecule has 10 heteroatoms. The smallest absolute Gasteiger partial charge is 0.255 e. The number of fused-ring (bicyclic) bond motifs is 1. The molecule has 0 spiro atoms. The summed E-state index contributed by atoms with van der Waals surface area (Å²) in [5.74, 6) is 0.946. The maximum absolute atomic E-state index is 13.0. The van der Waals surface area contributed by atoms with Crippen LogP contribution in [0.3, 0.4) is 0 Å². The van der Waals surface area contributed by atoms with E-state index >= 15 is 0 Å². The maximum atomic E-state index is 13.0. The van der Waals surface area contributed by atoms with E-state index in [1.165, 1.54) is 11.3 Å². The van der Waals surface area contributed by atoms with Crippen molar-refractivity contribution in [3.8, 4) is 17.6 Å². The van der Waals surface area contributed by atoms with Crippen LogP contribution in [-0.2, 0) is 10.2 Å². The van der Waals surface area contributed by atoms with E-state index in [2.05, 4.69) is 38.5 Å². The topological polar surface area (TPSA) is 111 Å². The highest BCUT2D eigenvalue weighted by molar-refractivity contribution is 7.22. The fourth-order valence-corrected chi connectivity index (χ4v) is 5.97. The number of benzene rings is 3. The number of nitrogens with zero attached hydrogens (tertiary/aromatic N) is 4. The van der Waals surface area contributed by atoms with Gasteiger partial charge < -0.3 is 20.3 Å². The molecule has 0 unspecified atom stereocenters. The lowest BCUT2D eigenvalue weighted by molar-refractivity contribution is -0.117. The van der Waals surface area contributed by atoms with Crippen molar-refractivity contribution in [3.05, 3.63) is 77.4 Å². The van der Waals surface area contributed by atoms with Gasteiger partial charge in [0.25, 0.3) is 5.91 Å². The molecule has 1 aromatic heterocycles. The highest BCUT2D eigenvalue weighted by Gasteiger charge is 2.45. The van der Waals surface area contributed by atoms with Crippen molar-refractivity contribution in [2.45, 2.75) is 25.2 Å². The van der Waals surface area contributed by atoms with Crippen molar-refractivity contribution in [3.63, 3.8) is 0 Å². The van der Waals surface area contributed by atoms with Crippen molar-refractivity contribution in [2.75, 3.05) is 50.4 Å². The first-order chi connectivity index (χ1) is 20.3. The monoisotopic (exact) mass is 580 g/mol. The lowest BCUT2D eigenvalue weighted by Crippen LogP contribution is -2.47. The van der Waals surface area contributed by atoms with Crippen molar-refractivity contribution in [1.82, 2.24) is 14.8 Å². The lowest BCUT2D eigenvalue weighted by Gasteiger charge is -2.31. The zero-order valence-electron chi connectivity index (χ0n) is 23.6. The molecule has 2 amide bonds. The normalized spacial score (nSPS) is 16.5. The van der Waals surface area contributed by atoms with Gasteiger partial charge in [-0.25, -0.2) is 4.98 Å². The molecule has 9 nitrogen and oxygen atoms in total. The van der Waals surface area contributed by atoms with Gasteiger partial charge in [-0.05, 0) is 68.3 Å². The molecular weight excluding hydrogens is 548 g/mol. The quantitative estimate of drug-likeness (QED) is 0.288. The molecule has 1 saturated carbocycles. The highest BCUT2D eigenvalue weighted by atomic mass is 32.1. The number of carbonyl (C=O) groups is 2. The molecule has 1 aliphatic carbocycles. The van der Waals surface area contributed by atoms with E-state index in [0.29, 0.717) is 34.4 Å². The first-order valence-electron chi connectivity index (χ1n) is 14.0. The van der Waals surface area contributed by atoms with Crippen LogP contribution >= 0.6 is 11.3 Å². The fraction of sp³-hybridized carbons (Fsp3) is 0.312. The third kappa shape index (κ3) is 6.14. The van der Waals surface area contributed by atoms with Gasteiger partial charge in [0.15, 0.2) is 5.13 Å². The summed E-state index contributed by atoms with van der Waals surface area (Å²) in [6, 6.07) is 20.8. The Labute approximate surface area is 248 Å². The van der Waals surface area contributed by atoms with Crippen molar-refractivity contribution in [1.29, 1.82) is 5.26 Å². The van der Waals surface area contributed by atoms with Crippen LogP contribution < -0.4 is 15.4 Å². The van der Waals surface area contributed by atoms with Crippen LogP contribution in [0.25, 0.3) is 10.2 Å². The summed E-state index contributed by atoms with van der Waals surface area (Å²) >= 11 is 1.41. The maximum Gasteiger partial charge on any atom is 0.255 e. The largest absolute Gasteiger partial charge is 0.457 e. The van der Waals surface area contributed by atoms with E-state index in [1.807, 2.05) is 55.5 Å². The zero-order chi connectivity index (χ0) is 29.3. The van der Waals surface area contributed by atoms with Crippen molar-refractivity contribution < 1.29 is 14.3 Å². The third-order valence-electron chi connectivity index (χ3n) is 7.88. The molecule has 214 valence electrons. The minimum absolute atomic E-state index is 0.0617. The molecule has 2 aliphatic rings. The van der Waals surface area contributed by atoms with Gasteiger partial charge in [0.2, 0.25) is 5.91 Å². The Balaban J connectivity index is 1.11. The van der Waals surface area contributed by atoms with Crippen LogP contribution in [0.5, 0.6) is 11.5 Å². The molecule has 6 rings (SSSR count). The number of nitrogens with one attached hydrogen (secondary N) is 2. The Morgan fingerprint density at radius 1 is 1.05 bits per heavy atom. The molecule has 0 bridgehead atoms. The number of aromatic nitrogens is 1. The van der Waals surface area contributed by atoms with Crippen LogP contribution in [0.15, 0.2) is 60.7 Å². The number of aryl methyl sites for hydroxylation is 1. The second-order valence-electron chi connectivity index (χ2n) is 11.1. The van der Waals surface area contributed by atoms with Gasteiger partial charge in [0.1, 0.15) is 11.5 Å². The molecule has 2 heterocycles. The summed E-state index contributed by atoms with van der Waals surface area (Å²) in [5, 5.41) is 16.0. The minimum Gasteiger partial charge on any atom is -0.457 e. The van der Waals surface area contributed by atoms with Gasteiger partial charge in [0, 0.05) is 49.6 Å². The summed E-state index contributed by atoms with van der Waals surface area (Å²) in [6.45, 7) is 5.99. The number of nitriles is 1. The number of likely N-dealkylation sites (N-methyl/N-ethyl adjacent to an activating group) is 1. The van der Waals surface area contributed by atoms with Crippen LogP contribution in [0, 0.1) is 18.3 Å². The molecular formula is C32H32N6O3S. The fourth-order valence-electron chi connectivity index (χ4n) is 5.06. The van der Waals surface area contributed by atoms with Crippen molar-refractivity contribution in [2.24, 2.45) is 0 Å². The van der Waals surface area contributed by atoms with E-state index in [4.69, 9.17) is 4.74 Å². The van der Waals surface area contributed by atoms with E-state index in [1.54, 1.807) is 12.1 Å². The minimum atomic E-state index is -0.447.